The monoisotopic (exact) mass is 257 g/mol. The smallest absolute Gasteiger partial charge is 0.236 e. The van der Waals surface area contributed by atoms with E-state index < -0.39 is 0 Å². The predicted molar refractivity (Wildman–Crippen MR) is 56.0 cm³/mol. The Morgan fingerprint density at radius 3 is 3.00 bits per heavy atom. The van der Waals surface area contributed by atoms with E-state index in [-0.39, 0.29) is 10.7 Å². The maximum absolute atomic E-state index is 11.6. The van der Waals surface area contributed by atoms with Crippen molar-refractivity contribution in [3.8, 4) is 0 Å². The van der Waals surface area contributed by atoms with Crippen molar-refractivity contribution in [1.82, 2.24) is 14.7 Å². The summed E-state index contributed by atoms with van der Waals surface area (Å²) >= 11 is 3.35. The molecule has 1 aromatic rings. The molecule has 0 bridgehead atoms. The summed E-state index contributed by atoms with van der Waals surface area (Å²) in [6.07, 6.45) is 4.64. The Bertz CT molecular complexity index is 350. The quantitative estimate of drug-likeness (QED) is 0.740. The van der Waals surface area contributed by atoms with Crippen molar-refractivity contribution in [2.75, 3.05) is 6.54 Å². The maximum atomic E-state index is 11.6. The second-order valence-electron chi connectivity index (χ2n) is 3.54. The standard InChI is InChI=1S/C9H12BrN3O/c1-12-5-7(4-11-12)6-13-3-2-8(10)9(13)14/h4-5,8H,2-3,6H2,1H3. The van der Waals surface area contributed by atoms with Gasteiger partial charge in [-0.15, -0.1) is 0 Å². The molecule has 5 heteroatoms. The van der Waals surface area contributed by atoms with Crippen LogP contribution in [0.25, 0.3) is 0 Å². The maximum Gasteiger partial charge on any atom is 0.236 e. The molecule has 2 heterocycles. The SMILES string of the molecule is Cn1cc(CN2CCC(Br)C2=O)cn1. The molecule has 1 aliphatic heterocycles. The molecule has 0 N–H and O–H groups in total. The largest absolute Gasteiger partial charge is 0.337 e. The lowest BCUT2D eigenvalue weighted by Gasteiger charge is -2.13. The average molecular weight is 258 g/mol. The first-order chi connectivity index (χ1) is 6.66. The summed E-state index contributed by atoms with van der Waals surface area (Å²) in [7, 11) is 1.88. The van der Waals surface area contributed by atoms with Crippen LogP contribution in [-0.4, -0.2) is 32.0 Å². The Balaban J connectivity index is 2.02. The molecule has 0 aliphatic carbocycles. The minimum Gasteiger partial charge on any atom is -0.337 e. The lowest BCUT2D eigenvalue weighted by molar-refractivity contribution is -0.127. The Hall–Kier alpha value is -0.840. The number of carbonyl (C=O) groups is 1. The van der Waals surface area contributed by atoms with Crippen molar-refractivity contribution in [2.45, 2.75) is 17.8 Å². The van der Waals surface area contributed by atoms with Crippen LogP contribution in [0.2, 0.25) is 0 Å². The first kappa shape index (κ1) is 9.71. The number of hydrogen-bond acceptors (Lipinski definition) is 2. The number of carbonyl (C=O) groups excluding carboxylic acids is 1. The van der Waals surface area contributed by atoms with Crippen LogP contribution >= 0.6 is 15.9 Å². The Morgan fingerprint density at radius 1 is 1.71 bits per heavy atom. The molecule has 76 valence electrons. The number of rotatable bonds is 2. The fourth-order valence-corrected chi connectivity index (χ4v) is 2.13. The summed E-state index contributed by atoms with van der Waals surface area (Å²) in [6, 6.07) is 0. The third kappa shape index (κ3) is 1.82. The van der Waals surface area contributed by atoms with Crippen molar-refractivity contribution >= 4 is 21.8 Å². The Kier molecular flexibility index (Phi) is 2.58. The number of nitrogens with zero attached hydrogens (tertiary/aromatic N) is 3. The zero-order valence-electron chi connectivity index (χ0n) is 7.98. The topological polar surface area (TPSA) is 38.1 Å². The molecule has 4 nitrogen and oxygen atoms in total. The van der Waals surface area contributed by atoms with Crippen LogP contribution in [0, 0.1) is 0 Å². The molecule has 14 heavy (non-hydrogen) atoms. The molecule has 0 radical (unpaired) electrons. The van der Waals surface area contributed by atoms with E-state index in [0.29, 0.717) is 6.54 Å². The van der Waals surface area contributed by atoms with Crippen molar-refractivity contribution in [2.24, 2.45) is 7.05 Å². The van der Waals surface area contributed by atoms with Crippen molar-refractivity contribution in [1.29, 1.82) is 0 Å². The minimum atomic E-state index is 0.0131. The summed E-state index contributed by atoms with van der Waals surface area (Å²) in [5, 5.41) is 4.07. The van der Waals surface area contributed by atoms with Crippen molar-refractivity contribution < 1.29 is 4.79 Å². The number of likely N-dealkylation sites (tertiary alicyclic amines) is 1. The zero-order chi connectivity index (χ0) is 10.1. The van der Waals surface area contributed by atoms with E-state index in [4.69, 9.17) is 0 Å². The van der Waals surface area contributed by atoms with E-state index in [1.54, 1.807) is 10.9 Å². The van der Waals surface area contributed by atoms with Gasteiger partial charge in [0.05, 0.1) is 11.0 Å². The van der Waals surface area contributed by atoms with Gasteiger partial charge in [0.25, 0.3) is 0 Å². The van der Waals surface area contributed by atoms with Crippen LogP contribution in [0.5, 0.6) is 0 Å². The van der Waals surface area contributed by atoms with E-state index in [1.165, 1.54) is 0 Å². The van der Waals surface area contributed by atoms with Gasteiger partial charge in [-0.2, -0.15) is 5.10 Å². The number of hydrogen-bond donors (Lipinski definition) is 0. The molecule has 1 aliphatic rings. The summed E-state index contributed by atoms with van der Waals surface area (Å²) < 4.78 is 1.75. The molecule has 2 rings (SSSR count). The van der Waals surface area contributed by atoms with E-state index in [0.717, 1.165) is 18.5 Å². The van der Waals surface area contributed by atoms with Gasteiger partial charge in [-0.3, -0.25) is 9.48 Å². The van der Waals surface area contributed by atoms with Crippen LogP contribution in [0.4, 0.5) is 0 Å². The molecule has 1 atom stereocenters. The Labute approximate surface area is 91.0 Å². The molecule has 1 amide bonds. The van der Waals surface area contributed by atoms with Crippen LogP contribution in [0.15, 0.2) is 12.4 Å². The molecular weight excluding hydrogens is 246 g/mol. The van der Waals surface area contributed by atoms with Crippen LogP contribution in [-0.2, 0) is 18.4 Å². The molecule has 0 aromatic carbocycles. The molecule has 1 saturated heterocycles. The van der Waals surface area contributed by atoms with Gasteiger partial charge >= 0.3 is 0 Å². The number of alkyl halides is 1. The van der Waals surface area contributed by atoms with Gasteiger partial charge < -0.3 is 4.90 Å². The highest BCUT2D eigenvalue weighted by atomic mass is 79.9. The van der Waals surface area contributed by atoms with E-state index in [2.05, 4.69) is 21.0 Å². The third-order valence-corrected chi connectivity index (χ3v) is 3.21. The summed E-state index contributed by atoms with van der Waals surface area (Å²) in [5.74, 6) is 0.189. The van der Waals surface area contributed by atoms with Gasteiger partial charge in [0.2, 0.25) is 5.91 Å². The first-order valence-electron chi connectivity index (χ1n) is 4.57. The molecule has 1 aromatic heterocycles. The lowest BCUT2D eigenvalue weighted by atomic mass is 10.3. The second-order valence-corrected chi connectivity index (χ2v) is 4.64. The van der Waals surface area contributed by atoms with Gasteiger partial charge in [-0.25, -0.2) is 0 Å². The normalized spacial score (nSPS) is 22.0. The first-order valence-corrected chi connectivity index (χ1v) is 5.49. The van der Waals surface area contributed by atoms with Crippen molar-refractivity contribution in [3.05, 3.63) is 18.0 Å². The molecule has 0 saturated carbocycles. The third-order valence-electron chi connectivity index (χ3n) is 2.36. The van der Waals surface area contributed by atoms with Crippen molar-refractivity contribution in [3.63, 3.8) is 0 Å². The van der Waals surface area contributed by atoms with E-state index in [9.17, 15) is 4.79 Å². The molecular formula is C9H12BrN3O. The molecule has 1 fully saturated rings. The highest BCUT2D eigenvalue weighted by Gasteiger charge is 2.29. The zero-order valence-corrected chi connectivity index (χ0v) is 9.57. The van der Waals surface area contributed by atoms with E-state index in [1.807, 2.05) is 18.1 Å². The number of aromatic nitrogens is 2. The summed E-state index contributed by atoms with van der Waals surface area (Å²) in [4.78, 5) is 13.4. The molecule has 0 spiro atoms. The average Bonchev–Trinajstić information content (AvgIpc) is 2.67. The molecule has 1 unspecified atom stereocenters. The predicted octanol–water partition coefficient (Wildman–Crippen LogP) is 0.916. The van der Waals surface area contributed by atoms with Crippen LogP contribution < -0.4 is 0 Å². The number of aryl methyl sites for hydroxylation is 1. The highest BCUT2D eigenvalue weighted by Crippen LogP contribution is 2.20. The van der Waals surface area contributed by atoms with Crippen LogP contribution in [0.3, 0.4) is 0 Å². The lowest BCUT2D eigenvalue weighted by Crippen LogP contribution is -2.26. The fourth-order valence-electron chi connectivity index (χ4n) is 1.63. The van der Waals surface area contributed by atoms with Gasteiger partial charge in [0.15, 0.2) is 0 Å². The second kappa shape index (κ2) is 3.73. The summed E-state index contributed by atoms with van der Waals surface area (Å²) in [6.45, 7) is 1.51. The summed E-state index contributed by atoms with van der Waals surface area (Å²) in [5.41, 5.74) is 1.09. The van der Waals surface area contributed by atoms with Gasteiger partial charge in [0, 0.05) is 31.9 Å². The number of amides is 1. The fraction of sp³-hybridized carbons (Fsp3) is 0.556. The van der Waals surface area contributed by atoms with Gasteiger partial charge in [-0.05, 0) is 6.42 Å². The van der Waals surface area contributed by atoms with Gasteiger partial charge in [-0.1, -0.05) is 15.9 Å². The highest BCUT2D eigenvalue weighted by molar-refractivity contribution is 9.10. The van der Waals surface area contributed by atoms with E-state index >= 15 is 0 Å². The van der Waals surface area contributed by atoms with Crippen LogP contribution in [0.1, 0.15) is 12.0 Å². The minimum absolute atomic E-state index is 0.0131. The number of halogens is 1. The van der Waals surface area contributed by atoms with Gasteiger partial charge in [0.1, 0.15) is 0 Å². The Morgan fingerprint density at radius 2 is 2.50 bits per heavy atom.